The van der Waals surface area contributed by atoms with Crippen LogP contribution >= 0.6 is 0 Å². The van der Waals surface area contributed by atoms with Crippen LogP contribution in [0.15, 0.2) is 0 Å². The van der Waals surface area contributed by atoms with E-state index in [1.165, 1.54) is 32.2 Å². The maximum Gasteiger partial charge on any atom is 0.0469 e. The topological polar surface area (TPSA) is 21.3 Å². The number of nitrogens with one attached hydrogen (secondary N) is 1. The van der Waals surface area contributed by atoms with Crippen LogP contribution < -0.4 is 5.32 Å². The van der Waals surface area contributed by atoms with E-state index in [2.05, 4.69) is 26.1 Å². The van der Waals surface area contributed by atoms with Gasteiger partial charge in [-0.15, -0.1) is 0 Å². The van der Waals surface area contributed by atoms with Crippen molar-refractivity contribution in [2.24, 2.45) is 11.8 Å². The Morgan fingerprint density at radius 3 is 2.56 bits per heavy atom. The van der Waals surface area contributed by atoms with Crippen LogP contribution in [0.4, 0.5) is 0 Å². The molecule has 0 spiro atoms. The minimum atomic E-state index is 0.803. The van der Waals surface area contributed by atoms with Gasteiger partial charge in [0, 0.05) is 19.3 Å². The molecule has 0 aromatic carbocycles. The summed E-state index contributed by atoms with van der Waals surface area (Å²) in [5, 5.41) is 3.65. The predicted octanol–water partition coefficient (Wildman–Crippen LogP) is 3.22. The molecule has 1 unspecified atom stereocenters. The van der Waals surface area contributed by atoms with E-state index in [1.54, 1.807) is 0 Å². The van der Waals surface area contributed by atoms with E-state index in [-0.39, 0.29) is 0 Å². The number of rotatable bonds is 10. The van der Waals surface area contributed by atoms with Gasteiger partial charge in [0.05, 0.1) is 0 Å². The molecular weight excluding hydrogens is 198 g/mol. The lowest BCUT2D eigenvalue weighted by atomic mass is 9.94. The van der Waals surface area contributed by atoms with Crippen LogP contribution in [0, 0.1) is 11.8 Å². The fraction of sp³-hybridized carbons (Fsp3) is 1.00. The Kier molecular flexibility index (Phi) is 7.06. The first-order valence-corrected chi connectivity index (χ1v) is 7.03. The van der Waals surface area contributed by atoms with Crippen LogP contribution in [0.5, 0.6) is 0 Å². The van der Waals surface area contributed by atoms with Gasteiger partial charge in [0.15, 0.2) is 0 Å². The van der Waals surface area contributed by atoms with Crippen LogP contribution in [0.2, 0.25) is 0 Å². The summed E-state index contributed by atoms with van der Waals surface area (Å²) in [6.07, 6.45) is 6.46. The third-order valence-electron chi connectivity index (χ3n) is 3.10. The van der Waals surface area contributed by atoms with E-state index < -0.39 is 0 Å². The molecule has 1 aliphatic rings. The fourth-order valence-electron chi connectivity index (χ4n) is 2.09. The molecule has 1 saturated carbocycles. The zero-order valence-corrected chi connectivity index (χ0v) is 11.3. The Labute approximate surface area is 101 Å². The molecule has 0 amide bonds. The highest BCUT2D eigenvalue weighted by atomic mass is 16.5. The van der Waals surface area contributed by atoms with Gasteiger partial charge >= 0.3 is 0 Å². The van der Waals surface area contributed by atoms with Crippen LogP contribution in [0.1, 0.15) is 52.9 Å². The van der Waals surface area contributed by atoms with E-state index in [1.807, 2.05) is 0 Å². The van der Waals surface area contributed by atoms with Gasteiger partial charge < -0.3 is 10.1 Å². The second kappa shape index (κ2) is 8.08. The molecule has 0 saturated heterocycles. The van der Waals surface area contributed by atoms with Crippen LogP contribution in [-0.2, 0) is 4.74 Å². The molecule has 1 fully saturated rings. The quantitative estimate of drug-likeness (QED) is 0.579. The zero-order chi connectivity index (χ0) is 11.8. The van der Waals surface area contributed by atoms with Crippen molar-refractivity contribution in [3.63, 3.8) is 0 Å². The highest BCUT2D eigenvalue weighted by Gasteiger charge is 2.22. The minimum Gasteiger partial charge on any atom is -0.381 e. The van der Waals surface area contributed by atoms with Crippen molar-refractivity contribution in [3.05, 3.63) is 0 Å². The molecule has 1 aliphatic carbocycles. The molecule has 2 nitrogen and oxygen atoms in total. The van der Waals surface area contributed by atoms with Gasteiger partial charge in [-0.3, -0.25) is 0 Å². The number of ether oxygens (including phenoxy) is 1. The van der Waals surface area contributed by atoms with Gasteiger partial charge in [0.2, 0.25) is 0 Å². The molecule has 2 heteroatoms. The van der Waals surface area contributed by atoms with Crippen molar-refractivity contribution in [1.82, 2.24) is 5.32 Å². The van der Waals surface area contributed by atoms with Crippen molar-refractivity contribution < 1.29 is 4.74 Å². The Morgan fingerprint density at radius 1 is 1.25 bits per heavy atom. The van der Waals surface area contributed by atoms with E-state index in [9.17, 15) is 0 Å². The summed E-state index contributed by atoms with van der Waals surface area (Å²) < 4.78 is 5.59. The highest BCUT2D eigenvalue weighted by Crippen LogP contribution is 2.21. The largest absolute Gasteiger partial charge is 0.381 e. The number of hydrogen-bond acceptors (Lipinski definition) is 2. The summed E-state index contributed by atoms with van der Waals surface area (Å²) in [7, 11) is 0. The highest BCUT2D eigenvalue weighted by molar-refractivity contribution is 4.82. The van der Waals surface area contributed by atoms with E-state index in [0.717, 1.165) is 37.5 Å². The molecule has 1 rings (SSSR count). The van der Waals surface area contributed by atoms with Crippen LogP contribution in [-0.4, -0.2) is 25.8 Å². The first kappa shape index (κ1) is 14.0. The van der Waals surface area contributed by atoms with E-state index in [4.69, 9.17) is 4.74 Å². The molecule has 16 heavy (non-hydrogen) atoms. The fourth-order valence-corrected chi connectivity index (χ4v) is 2.09. The van der Waals surface area contributed by atoms with Gasteiger partial charge in [-0.25, -0.2) is 0 Å². The van der Waals surface area contributed by atoms with Crippen LogP contribution in [0.3, 0.4) is 0 Å². The minimum absolute atomic E-state index is 0.803. The third kappa shape index (κ3) is 7.24. The van der Waals surface area contributed by atoms with Gasteiger partial charge in [-0.05, 0) is 50.5 Å². The molecule has 0 aliphatic heterocycles. The van der Waals surface area contributed by atoms with Crippen molar-refractivity contribution in [1.29, 1.82) is 0 Å². The Bertz CT molecular complexity index is 166. The summed E-state index contributed by atoms with van der Waals surface area (Å²) in [6, 6.07) is 0.839. The third-order valence-corrected chi connectivity index (χ3v) is 3.10. The summed E-state index contributed by atoms with van der Waals surface area (Å²) in [5.41, 5.74) is 0. The average Bonchev–Trinajstić information content (AvgIpc) is 3.03. The lowest BCUT2D eigenvalue weighted by molar-refractivity contribution is 0.117. The summed E-state index contributed by atoms with van der Waals surface area (Å²) in [4.78, 5) is 0. The molecule has 1 atom stereocenters. The van der Waals surface area contributed by atoms with Crippen molar-refractivity contribution in [3.8, 4) is 0 Å². The lowest BCUT2D eigenvalue weighted by Gasteiger charge is -2.19. The van der Waals surface area contributed by atoms with Gasteiger partial charge in [-0.2, -0.15) is 0 Å². The normalized spacial score (nSPS) is 18.0. The van der Waals surface area contributed by atoms with E-state index in [0.29, 0.717) is 0 Å². The number of hydrogen-bond donors (Lipinski definition) is 1. The van der Waals surface area contributed by atoms with Crippen molar-refractivity contribution in [2.75, 3.05) is 19.8 Å². The Balaban J connectivity index is 2.08. The summed E-state index contributed by atoms with van der Waals surface area (Å²) in [6.45, 7) is 9.86. The molecule has 0 bridgehead atoms. The van der Waals surface area contributed by atoms with Crippen molar-refractivity contribution >= 4 is 0 Å². The van der Waals surface area contributed by atoms with Gasteiger partial charge in [0.25, 0.3) is 0 Å². The van der Waals surface area contributed by atoms with Crippen molar-refractivity contribution in [2.45, 2.75) is 58.9 Å². The maximum atomic E-state index is 5.59. The smallest absolute Gasteiger partial charge is 0.0469 e. The Morgan fingerprint density at radius 2 is 2.00 bits per heavy atom. The first-order chi connectivity index (χ1) is 7.72. The van der Waals surface area contributed by atoms with Gasteiger partial charge in [-0.1, -0.05) is 20.8 Å². The molecule has 96 valence electrons. The average molecular weight is 227 g/mol. The molecule has 0 heterocycles. The summed E-state index contributed by atoms with van der Waals surface area (Å²) in [5.74, 6) is 1.61. The SMILES string of the molecule is CCCOCCC(CNC1CC1)CC(C)C. The zero-order valence-electron chi connectivity index (χ0n) is 11.3. The molecule has 1 N–H and O–H groups in total. The summed E-state index contributed by atoms with van der Waals surface area (Å²) >= 11 is 0. The van der Waals surface area contributed by atoms with E-state index >= 15 is 0 Å². The molecule has 0 radical (unpaired) electrons. The van der Waals surface area contributed by atoms with Gasteiger partial charge in [0.1, 0.15) is 0 Å². The van der Waals surface area contributed by atoms with Crippen LogP contribution in [0.25, 0.3) is 0 Å². The Hall–Kier alpha value is -0.0800. The monoisotopic (exact) mass is 227 g/mol. The second-order valence-corrected chi connectivity index (χ2v) is 5.58. The molecular formula is C14H29NO. The maximum absolute atomic E-state index is 5.59. The second-order valence-electron chi connectivity index (χ2n) is 5.58. The lowest BCUT2D eigenvalue weighted by Crippen LogP contribution is -2.26. The standard InChI is InChI=1S/C14H29NO/c1-4-8-16-9-7-13(10-12(2)3)11-15-14-5-6-14/h12-15H,4-11H2,1-3H3. The first-order valence-electron chi connectivity index (χ1n) is 7.03. The predicted molar refractivity (Wildman–Crippen MR) is 69.7 cm³/mol. The molecule has 0 aromatic heterocycles. The molecule has 0 aromatic rings.